The van der Waals surface area contributed by atoms with Crippen LogP contribution >= 0.6 is 11.6 Å². The summed E-state index contributed by atoms with van der Waals surface area (Å²) in [6.07, 6.45) is 2.14. The molecule has 1 unspecified atom stereocenters. The van der Waals surface area contributed by atoms with Gasteiger partial charge in [-0.25, -0.2) is 0 Å². The third kappa shape index (κ3) is 5.48. The van der Waals surface area contributed by atoms with Gasteiger partial charge in [0.15, 0.2) is 6.61 Å². The maximum Gasteiger partial charge on any atom is 0.260 e. The fourth-order valence-corrected chi connectivity index (χ4v) is 3.10. The normalized spacial score (nSPS) is 16.5. The maximum atomic E-state index is 12.8. The molecule has 0 aliphatic carbocycles. The van der Waals surface area contributed by atoms with Gasteiger partial charge in [-0.2, -0.15) is 0 Å². The molecule has 0 aromatic heterocycles. The first-order chi connectivity index (χ1) is 12.6. The number of hydrogen-bond donors (Lipinski definition) is 0. The van der Waals surface area contributed by atoms with Gasteiger partial charge >= 0.3 is 0 Å². The van der Waals surface area contributed by atoms with E-state index in [0.29, 0.717) is 23.9 Å². The number of aryl methyl sites for hydroxylation is 1. The van der Waals surface area contributed by atoms with E-state index < -0.39 is 0 Å². The van der Waals surface area contributed by atoms with Gasteiger partial charge in [-0.05, 0) is 49.6 Å². The highest BCUT2D eigenvalue weighted by atomic mass is 35.5. The summed E-state index contributed by atoms with van der Waals surface area (Å²) in [7, 11) is 0. The minimum atomic E-state index is -0.0453. The van der Waals surface area contributed by atoms with Crippen molar-refractivity contribution in [3.63, 3.8) is 0 Å². The van der Waals surface area contributed by atoms with Crippen molar-refractivity contribution in [3.05, 3.63) is 64.7 Å². The molecule has 4 nitrogen and oxygen atoms in total. The summed E-state index contributed by atoms with van der Waals surface area (Å²) < 4.78 is 11.4. The second-order valence-electron chi connectivity index (χ2n) is 6.64. The van der Waals surface area contributed by atoms with Crippen molar-refractivity contribution in [1.82, 2.24) is 4.90 Å². The maximum absolute atomic E-state index is 12.8. The summed E-state index contributed by atoms with van der Waals surface area (Å²) in [5, 5.41) is 0.688. The Labute approximate surface area is 159 Å². The Morgan fingerprint density at radius 1 is 1.19 bits per heavy atom. The van der Waals surface area contributed by atoms with Gasteiger partial charge in [0.1, 0.15) is 5.75 Å². The van der Waals surface area contributed by atoms with E-state index in [2.05, 4.69) is 0 Å². The van der Waals surface area contributed by atoms with Gasteiger partial charge in [0, 0.05) is 24.7 Å². The van der Waals surface area contributed by atoms with Crippen LogP contribution < -0.4 is 4.74 Å². The van der Waals surface area contributed by atoms with E-state index in [1.165, 1.54) is 0 Å². The van der Waals surface area contributed by atoms with Crippen LogP contribution in [0, 0.1) is 6.92 Å². The Hall–Kier alpha value is -2.04. The fraction of sp³-hybridized carbons (Fsp3) is 0.381. The van der Waals surface area contributed by atoms with Crippen LogP contribution in [0.25, 0.3) is 0 Å². The number of rotatable bonds is 7. The van der Waals surface area contributed by atoms with Gasteiger partial charge in [0.2, 0.25) is 0 Å². The number of amides is 1. The summed E-state index contributed by atoms with van der Waals surface area (Å²) in [4.78, 5) is 14.6. The third-order valence-corrected chi connectivity index (χ3v) is 4.72. The van der Waals surface area contributed by atoms with Crippen molar-refractivity contribution >= 4 is 17.5 Å². The van der Waals surface area contributed by atoms with E-state index in [0.717, 1.165) is 30.6 Å². The summed E-state index contributed by atoms with van der Waals surface area (Å²) in [6.45, 7) is 3.91. The lowest BCUT2D eigenvalue weighted by Crippen LogP contribution is -2.39. The molecule has 1 aliphatic rings. The fourth-order valence-electron chi connectivity index (χ4n) is 2.97. The summed E-state index contributed by atoms with van der Waals surface area (Å²) in [5.41, 5.74) is 2.20. The van der Waals surface area contributed by atoms with Crippen molar-refractivity contribution in [2.45, 2.75) is 32.4 Å². The number of hydrogen-bond acceptors (Lipinski definition) is 3. The lowest BCUT2D eigenvalue weighted by molar-refractivity contribution is -0.135. The molecule has 1 saturated heterocycles. The lowest BCUT2D eigenvalue weighted by atomic mass is 10.2. The first-order valence-electron chi connectivity index (χ1n) is 8.93. The van der Waals surface area contributed by atoms with Crippen LogP contribution in [0.1, 0.15) is 24.0 Å². The van der Waals surface area contributed by atoms with Gasteiger partial charge < -0.3 is 14.4 Å². The van der Waals surface area contributed by atoms with E-state index >= 15 is 0 Å². The number of benzene rings is 2. The van der Waals surface area contributed by atoms with E-state index in [-0.39, 0.29) is 18.6 Å². The zero-order chi connectivity index (χ0) is 18.4. The smallest absolute Gasteiger partial charge is 0.260 e. The molecule has 26 heavy (non-hydrogen) atoms. The van der Waals surface area contributed by atoms with E-state index in [9.17, 15) is 4.79 Å². The molecule has 138 valence electrons. The SMILES string of the molecule is Cc1ccc(OCC(=O)N(Cc2ccc(Cl)cc2)CC2CCCO2)cc1. The molecular weight excluding hydrogens is 350 g/mol. The topological polar surface area (TPSA) is 38.8 Å². The average molecular weight is 374 g/mol. The summed E-state index contributed by atoms with van der Waals surface area (Å²) >= 11 is 5.96. The number of nitrogens with zero attached hydrogens (tertiary/aromatic N) is 1. The first kappa shape index (κ1) is 18.7. The Balaban J connectivity index is 1.63. The zero-order valence-electron chi connectivity index (χ0n) is 15.0. The van der Waals surface area contributed by atoms with Crippen molar-refractivity contribution < 1.29 is 14.3 Å². The quantitative estimate of drug-likeness (QED) is 0.728. The molecule has 3 rings (SSSR count). The monoisotopic (exact) mass is 373 g/mol. The minimum Gasteiger partial charge on any atom is -0.484 e. The van der Waals surface area contributed by atoms with Crippen LogP contribution in [-0.4, -0.2) is 36.7 Å². The van der Waals surface area contributed by atoms with Gasteiger partial charge in [-0.3, -0.25) is 4.79 Å². The molecule has 0 bridgehead atoms. The second-order valence-corrected chi connectivity index (χ2v) is 7.07. The van der Waals surface area contributed by atoms with Gasteiger partial charge in [0.25, 0.3) is 5.91 Å². The third-order valence-electron chi connectivity index (χ3n) is 4.47. The van der Waals surface area contributed by atoms with Crippen LogP contribution in [0.5, 0.6) is 5.75 Å². The molecule has 0 radical (unpaired) electrons. The molecule has 0 N–H and O–H groups in total. The molecule has 1 fully saturated rings. The Bertz CT molecular complexity index is 709. The Kier molecular flexibility index (Phi) is 6.53. The van der Waals surface area contributed by atoms with Crippen LogP contribution in [-0.2, 0) is 16.1 Å². The Morgan fingerprint density at radius 2 is 1.92 bits per heavy atom. The highest BCUT2D eigenvalue weighted by Gasteiger charge is 2.23. The van der Waals surface area contributed by atoms with E-state index in [4.69, 9.17) is 21.1 Å². The summed E-state index contributed by atoms with van der Waals surface area (Å²) in [5.74, 6) is 0.656. The van der Waals surface area contributed by atoms with Crippen molar-refractivity contribution in [3.8, 4) is 5.75 Å². The zero-order valence-corrected chi connectivity index (χ0v) is 15.7. The van der Waals surface area contributed by atoms with E-state index in [1.807, 2.05) is 60.4 Å². The van der Waals surface area contributed by atoms with Gasteiger partial charge in [-0.15, -0.1) is 0 Å². The number of halogens is 1. The summed E-state index contributed by atoms with van der Waals surface area (Å²) in [6, 6.07) is 15.3. The molecule has 1 heterocycles. The van der Waals surface area contributed by atoms with Crippen molar-refractivity contribution in [2.24, 2.45) is 0 Å². The van der Waals surface area contributed by atoms with Crippen LogP contribution in [0.3, 0.4) is 0 Å². The van der Waals surface area contributed by atoms with Crippen LogP contribution in [0.4, 0.5) is 0 Å². The highest BCUT2D eigenvalue weighted by Crippen LogP contribution is 2.17. The number of carbonyl (C=O) groups is 1. The first-order valence-corrected chi connectivity index (χ1v) is 9.31. The Morgan fingerprint density at radius 3 is 2.58 bits per heavy atom. The molecule has 2 aromatic rings. The van der Waals surface area contributed by atoms with Crippen molar-refractivity contribution in [1.29, 1.82) is 0 Å². The molecule has 0 spiro atoms. The van der Waals surface area contributed by atoms with E-state index in [1.54, 1.807) is 0 Å². The standard InChI is InChI=1S/C21H24ClNO3/c1-16-4-10-19(11-5-16)26-15-21(24)23(14-20-3-2-12-25-20)13-17-6-8-18(22)9-7-17/h4-11,20H,2-3,12-15H2,1H3. The molecule has 1 aliphatic heterocycles. The van der Waals surface area contributed by atoms with Crippen molar-refractivity contribution in [2.75, 3.05) is 19.8 Å². The second kappa shape index (κ2) is 9.06. The van der Waals surface area contributed by atoms with Gasteiger partial charge in [-0.1, -0.05) is 41.4 Å². The number of carbonyl (C=O) groups excluding carboxylic acids is 1. The minimum absolute atomic E-state index is 0.0172. The lowest BCUT2D eigenvalue weighted by Gasteiger charge is -2.25. The molecule has 0 saturated carbocycles. The predicted octanol–water partition coefficient (Wildman–Crippen LogP) is 4.24. The molecular formula is C21H24ClNO3. The predicted molar refractivity (Wildman–Crippen MR) is 103 cm³/mol. The molecule has 2 aromatic carbocycles. The van der Waals surface area contributed by atoms with Gasteiger partial charge in [0.05, 0.1) is 6.10 Å². The molecule has 5 heteroatoms. The molecule has 1 amide bonds. The largest absolute Gasteiger partial charge is 0.484 e. The van der Waals surface area contributed by atoms with Crippen LogP contribution in [0.15, 0.2) is 48.5 Å². The molecule has 1 atom stereocenters. The average Bonchev–Trinajstić information content (AvgIpc) is 3.15. The number of ether oxygens (including phenoxy) is 2. The van der Waals surface area contributed by atoms with Crippen LogP contribution in [0.2, 0.25) is 5.02 Å². The highest BCUT2D eigenvalue weighted by molar-refractivity contribution is 6.30.